The summed E-state index contributed by atoms with van der Waals surface area (Å²) < 4.78 is 67.8. The molecular formula is C67H130O17P2. The SMILES string of the molecule is CCCCCCCCCCCCCCCCCCCCCCCCC(=O)O[C@H](COC(=O)CCCCCCCCCC(C)C)COP(=O)(O)OC[C@@H](O)COP(=O)(O)OC[C@@H](COC(=O)CCCCCCC)OC(=O)CCCCCCCCCCC. The first kappa shape index (κ1) is 84.1. The Kier molecular flexibility index (Phi) is 59.2. The molecule has 0 fully saturated rings. The van der Waals surface area contributed by atoms with Crippen molar-refractivity contribution < 1.29 is 80.2 Å². The van der Waals surface area contributed by atoms with Gasteiger partial charge in [-0.1, -0.05) is 291 Å². The predicted octanol–water partition coefficient (Wildman–Crippen LogP) is 19.0. The van der Waals surface area contributed by atoms with Crippen molar-refractivity contribution in [3.63, 3.8) is 0 Å². The summed E-state index contributed by atoms with van der Waals surface area (Å²) in [6, 6.07) is 0. The summed E-state index contributed by atoms with van der Waals surface area (Å²) in [4.78, 5) is 72.0. The van der Waals surface area contributed by atoms with E-state index in [4.69, 9.17) is 37.0 Å². The maximum Gasteiger partial charge on any atom is 0.472 e. The lowest BCUT2D eigenvalue weighted by Crippen LogP contribution is -2.30. The van der Waals surface area contributed by atoms with Crippen LogP contribution < -0.4 is 0 Å². The first-order valence-corrected chi connectivity index (χ1v) is 38.1. The minimum absolute atomic E-state index is 0.105. The van der Waals surface area contributed by atoms with Crippen LogP contribution in [-0.4, -0.2) is 96.7 Å². The van der Waals surface area contributed by atoms with Crippen molar-refractivity contribution in [2.45, 2.75) is 361 Å². The van der Waals surface area contributed by atoms with E-state index in [-0.39, 0.29) is 25.7 Å². The smallest absolute Gasteiger partial charge is 0.462 e. The number of rotatable bonds is 67. The predicted molar refractivity (Wildman–Crippen MR) is 345 cm³/mol. The molecule has 0 saturated carbocycles. The van der Waals surface area contributed by atoms with Crippen molar-refractivity contribution >= 4 is 39.5 Å². The molecule has 0 aromatic carbocycles. The molecule has 19 heteroatoms. The summed E-state index contributed by atoms with van der Waals surface area (Å²) in [5, 5.41) is 10.5. The van der Waals surface area contributed by atoms with E-state index in [0.29, 0.717) is 31.6 Å². The van der Waals surface area contributed by atoms with Crippen LogP contribution in [0, 0.1) is 5.92 Å². The summed E-state index contributed by atoms with van der Waals surface area (Å²) in [5.41, 5.74) is 0. The number of hydrogen-bond donors (Lipinski definition) is 3. The van der Waals surface area contributed by atoms with E-state index in [1.54, 1.807) is 0 Å². The lowest BCUT2D eigenvalue weighted by atomic mass is 10.0. The van der Waals surface area contributed by atoms with Crippen LogP contribution in [0.4, 0.5) is 0 Å². The molecule has 0 aromatic heterocycles. The molecule has 0 amide bonds. The second-order valence-electron chi connectivity index (χ2n) is 24.7. The van der Waals surface area contributed by atoms with Crippen LogP contribution in [0.15, 0.2) is 0 Å². The average molecular weight is 1270 g/mol. The minimum atomic E-state index is -4.94. The largest absolute Gasteiger partial charge is 0.472 e. The van der Waals surface area contributed by atoms with Crippen LogP contribution in [-0.2, 0) is 65.4 Å². The molecule has 86 heavy (non-hydrogen) atoms. The molecule has 510 valence electrons. The molecule has 0 aliphatic rings. The second kappa shape index (κ2) is 60.6. The number of unbranched alkanes of at least 4 members (excludes halogenated alkanes) is 39. The van der Waals surface area contributed by atoms with Crippen LogP contribution in [0.2, 0.25) is 0 Å². The highest BCUT2D eigenvalue weighted by atomic mass is 31.2. The van der Waals surface area contributed by atoms with Gasteiger partial charge in [0.2, 0.25) is 0 Å². The zero-order valence-corrected chi connectivity index (χ0v) is 57.2. The number of aliphatic hydroxyl groups is 1. The molecule has 17 nitrogen and oxygen atoms in total. The zero-order valence-electron chi connectivity index (χ0n) is 55.4. The Balaban J connectivity index is 5.04. The van der Waals surface area contributed by atoms with Crippen molar-refractivity contribution in [3.05, 3.63) is 0 Å². The first-order valence-electron chi connectivity index (χ1n) is 35.1. The maximum absolute atomic E-state index is 13.0. The summed E-state index contributed by atoms with van der Waals surface area (Å²) in [6.45, 7) is 7.05. The molecule has 0 aliphatic heterocycles. The van der Waals surface area contributed by atoms with E-state index in [1.165, 1.54) is 154 Å². The Labute approximate surface area is 524 Å². The molecule has 3 N–H and O–H groups in total. The van der Waals surface area contributed by atoms with Gasteiger partial charge in [-0.2, -0.15) is 0 Å². The summed E-state index contributed by atoms with van der Waals surface area (Å²) in [7, 11) is -9.88. The molecule has 0 spiro atoms. The van der Waals surface area contributed by atoms with Gasteiger partial charge in [-0.3, -0.25) is 37.3 Å². The lowest BCUT2D eigenvalue weighted by molar-refractivity contribution is -0.161. The van der Waals surface area contributed by atoms with Gasteiger partial charge in [0, 0.05) is 25.7 Å². The van der Waals surface area contributed by atoms with Crippen LogP contribution >= 0.6 is 15.6 Å². The molecule has 5 atom stereocenters. The number of esters is 4. The van der Waals surface area contributed by atoms with E-state index in [2.05, 4.69) is 34.6 Å². The van der Waals surface area contributed by atoms with E-state index < -0.39 is 97.5 Å². The van der Waals surface area contributed by atoms with Crippen LogP contribution in [0.25, 0.3) is 0 Å². The van der Waals surface area contributed by atoms with Gasteiger partial charge >= 0.3 is 39.5 Å². The quantitative estimate of drug-likeness (QED) is 0.0222. The molecule has 0 heterocycles. The van der Waals surface area contributed by atoms with Gasteiger partial charge in [-0.15, -0.1) is 0 Å². The van der Waals surface area contributed by atoms with Crippen molar-refractivity contribution in [3.8, 4) is 0 Å². The highest BCUT2D eigenvalue weighted by molar-refractivity contribution is 7.47. The van der Waals surface area contributed by atoms with Crippen molar-refractivity contribution in [2.24, 2.45) is 5.92 Å². The normalized spacial score (nSPS) is 14.2. The number of aliphatic hydroxyl groups excluding tert-OH is 1. The lowest BCUT2D eigenvalue weighted by Gasteiger charge is -2.21. The van der Waals surface area contributed by atoms with E-state index in [9.17, 15) is 43.2 Å². The molecule has 0 aliphatic carbocycles. The summed E-state index contributed by atoms with van der Waals surface area (Å²) in [6.07, 6.45) is 46.6. The van der Waals surface area contributed by atoms with Crippen LogP contribution in [0.5, 0.6) is 0 Å². The fourth-order valence-electron chi connectivity index (χ4n) is 10.1. The Morgan fingerprint density at radius 2 is 0.535 bits per heavy atom. The topological polar surface area (TPSA) is 237 Å². The van der Waals surface area contributed by atoms with Crippen LogP contribution in [0.3, 0.4) is 0 Å². The van der Waals surface area contributed by atoms with Crippen molar-refractivity contribution in [2.75, 3.05) is 39.6 Å². The molecular weight excluding hydrogens is 1140 g/mol. The summed E-state index contributed by atoms with van der Waals surface area (Å²) in [5.74, 6) is -1.44. The summed E-state index contributed by atoms with van der Waals surface area (Å²) >= 11 is 0. The van der Waals surface area contributed by atoms with E-state index >= 15 is 0 Å². The molecule has 0 bridgehead atoms. The molecule has 0 aromatic rings. The fourth-order valence-corrected chi connectivity index (χ4v) is 11.7. The van der Waals surface area contributed by atoms with Gasteiger partial charge in [0.05, 0.1) is 26.4 Å². The number of phosphoric ester groups is 2. The Hall–Kier alpha value is -1.94. The van der Waals surface area contributed by atoms with Crippen molar-refractivity contribution in [1.82, 2.24) is 0 Å². The minimum Gasteiger partial charge on any atom is -0.462 e. The third-order valence-electron chi connectivity index (χ3n) is 15.5. The Bertz CT molecular complexity index is 1670. The third-order valence-corrected chi connectivity index (χ3v) is 17.4. The third kappa shape index (κ3) is 60.9. The second-order valence-corrected chi connectivity index (χ2v) is 27.6. The fraction of sp³-hybridized carbons (Fsp3) is 0.940. The molecule has 2 unspecified atom stereocenters. The Morgan fingerprint density at radius 1 is 0.314 bits per heavy atom. The number of phosphoric acid groups is 2. The van der Waals surface area contributed by atoms with Crippen molar-refractivity contribution in [1.29, 1.82) is 0 Å². The molecule has 0 saturated heterocycles. The molecule has 0 radical (unpaired) electrons. The van der Waals surface area contributed by atoms with E-state index in [1.807, 2.05) is 0 Å². The Morgan fingerprint density at radius 3 is 0.791 bits per heavy atom. The maximum atomic E-state index is 13.0. The highest BCUT2D eigenvalue weighted by Crippen LogP contribution is 2.45. The standard InChI is InChI=1S/C67H130O17P2/c1-6-9-12-15-17-19-20-21-22-23-24-25-26-27-28-29-30-31-33-37-43-48-53-67(72)84-63(57-78-65(70)51-46-41-38-34-35-40-44-49-60(4)5)59-82-86(75,76)80-55-61(68)54-79-85(73,74)81-58-62(56-77-64(69)50-45-39-14-11-8-3)83-66(71)52-47-42-36-32-18-16-13-10-7-2/h60-63,68H,6-59H2,1-5H3,(H,73,74)(H,75,76)/t61-,62+,63+/m0/s1. The van der Waals surface area contributed by atoms with Gasteiger partial charge in [0.15, 0.2) is 12.2 Å². The number of hydrogen-bond acceptors (Lipinski definition) is 15. The number of ether oxygens (including phenoxy) is 4. The molecule has 0 rings (SSSR count). The monoisotopic (exact) mass is 1270 g/mol. The van der Waals surface area contributed by atoms with Gasteiger partial charge in [0.25, 0.3) is 0 Å². The van der Waals surface area contributed by atoms with Gasteiger partial charge in [-0.25, -0.2) is 9.13 Å². The average Bonchev–Trinajstić information content (AvgIpc) is 3.48. The van der Waals surface area contributed by atoms with Gasteiger partial charge in [-0.05, 0) is 31.6 Å². The van der Waals surface area contributed by atoms with E-state index in [0.717, 1.165) is 103 Å². The number of carbonyl (C=O) groups is 4. The first-order chi connectivity index (χ1) is 41.5. The van der Waals surface area contributed by atoms with Gasteiger partial charge in [0.1, 0.15) is 19.3 Å². The number of carbonyl (C=O) groups excluding carboxylic acids is 4. The zero-order chi connectivity index (χ0) is 63.5. The highest BCUT2D eigenvalue weighted by Gasteiger charge is 2.30. The van der Waals surface area contributed by atoms with Gasteiger partial charge < -0.3 is 33.8 Å². The van der Waals surface area contributed by atoms with Crippen LogP contribution in [0.1, 0.15) is 343 Å².